The molecule has 0 spiro atoms. The summed E-state index contributed by atoms with van der Waals surface area (Å²) in [6, 6.07) is -1.23. The maximum Gasteiger partial charge on any atom is 0.326 e. The Bertz CT molecular complexity index is 1340. The monoisotopic (exact) mass is 959 g/mol. The zero-order valence-corrected chi connectivity index (χ0v) is 40.5. The van der Waals surface area contributed by atoms with Crippen LogP contribution in [0.25, 0.3) is 0 Å². The van der Waals surface area contributed by atoms with Crippen molar-refractivity contribution in [1.82, 2.24) is 31.9 Å². The molecular weight excluding hydrogens is 873 g/mol. The molecule has 0 heterocycles. The third kappa shape index (κ3) is 46.5. The number of hydrogen-bond acceptors (Lipinski definition) is 12. The molecule has 6 amide bonds. The van der Waals surface area contributed by atoms with Crippen molar-refractivity contribution < 1.29 is 67.5 Å². The normalized spacial score (nSPS) is 11.4. The number of carbonyl (C=O) groups excluding carboxylic acids is 6. The lowest BCUT2D eigenvalue weighted by Crippen LogP contribution is -2.42. The van der Waals surface area contributed by atoms with Crippen LogP contribution in [0.3, 0.4) is 0 Å². The molecule has 20 heteroatoms. The van der Waals surface area contributed by atoms with E-state index in [1.165, 1.54) is 44.9 Å². The molecule has 0 aromatic heterocycles. The number of rotatable bonds is 49. The first-order valence-electron chi connectivity index (χ1n) is 24.8. The number of ether oxygens (including phenoxy) is 4. The zero-order chi connectivity index (χ0) is 49.4. The van der Waals surface area contributed by atoms with E-state index in [1.807, 2.05) is 0 Å². The first-order valence-corrected chi connectivity index (χ1v) is 24.8. The summed E-state index contributed by atoms with van der Waals surface area (Å²) >= 11 is 0. The maximum absolute atomic E-state index is 12.3. The Balaban J connectivity index is 3.69. The second kappa shape index (κ2) is 46.7. The first kappa shape index (κ1) is 62.6. The summed E-state index contributed by atoms with van der Waals surface area (Å²) < 4.78 is 21.3. The van der Waals surface area contributed by atoms with Gasteiger partial charge in [-0.05, 0) is 38.5 Å². The molecule has 0 fully saturated rings. The van der Waals surface area contributed by atoms with Crippen LogP contribution >= 0.6 is 0 Å². The summed E-state index contributed by atoms with van der Waals surface area (Å²) in [6.07, 6.45) is 19.3. The van der Waals surface area contributed by atoms with E-state index in [-0.39, 0.29) is 115 Å². The Morgan fingerprint density at radius 1 is 0.373 bits per heavy atom. The summed E-state index contributed by atoms with van der Waals surface area (Å²) in [4.78, 5) is 94.3. The first-order chi connectivity index (χ1) is 32.4. The molecule has 0 radical (unpaired) electrons. The van der Waals surface area contributed by atoms with Gasteiger partial charge < -0.3 is 61.1 Å². The number of carboxylic acids is 2. The molecule has 0 aromatic carbocycles. The van der Waals surface area contributed by atoms with Crippen molar-refractivity contribution in [2.75, 3.05) is 85.6 Å². The van der Waals surface area contributed by atoms with Crippen molar-refractivity contribution >= 4 is 47.4 Å². The number of amides is 6. The quantitative estimate of drug-likeness (QED) is 0.0404. The van der Waals surface area contributed by atoms with Gasteiger partial charge in [-0.1, -0.05) is 90.4 Å². The second-order valence-electron chi connectivity index (χ2n) is 16.5. The third-order valence-electron chi connectivity index (χ3n) is 10.3. The number of aliphatic carboxylic acids is 2. The Labute approximate surface area is 398 Å². The molecule has 0 aliphatic heterocycles. The Morgan fingerprint density at radius 3 is 1.19 bits per heavy atom. The highest BCUT2D eigenvalue weighted by Gasteiger charge is 2.21. The average Bonchev–Trinajstić information content (AvgIpc) is 3.29. The van der Waals surface area contributed by atoms with Crippen LogP contribution in [-0.2, 0) is 57.3 Å². The van der Waals surface area contributed by atoms with Crippen LogP contribution in [0.4, 0.5) is 0 Å². The minimum atomic E-state index is -1.25. The molecule has 388 valence electrons. The van der Waals surface area contributed by atoms with Crippen LogP contribution < -0.4 is 31.9 Å². The number of nitrogens with one attached hydrogen (secondary N) is 6. The molecule has 0 saturated heterocycles. The van der Waals surface area contributed by atoms with E-state index in [4.69, 9.17) is 24.1 Å². The second-order valence-corrected chi connectivity index (χ2v) is 16.5. The van der Waals surface area contributed by atoms with Gasteiger partial charge in [0.05, 0.1) is 39.6 Å². The van der Waals surface area contributed by atoms with E-state index in [9.17, 15) is 43.5 Å². The van der Waals surface area contributed by atoms with Crippen molar-refractivity contribution in [2.24, 2.45) is 0 Å². The summed E-state index contributed by atoms with van der Waals surface area (Å²) in [5.41, 5.74) is 0. The smallest absolute Gasteiger partial charge is 0.326 e. The molecule has 67 heavy (non-hydrogen) atoms. The van der Waals surface area contributed by atoms with Crippen LogP contribution in [-0.4, -0.2) is 149 Å². The summed E-state index contributed by atoms with van der Waals surface area (Å²) in [5, 5.41) is 34.2. The van der Waals surface area contributed by atoms with Gasteiger partial charge in [-0.25, -0.2) is 4.79 Å². The van der Waals surface area contributed by atoms with E-state index in [0.717, 1.165) is 57.8 Å². The minimum Gasteiger partial charge on any atom is -0.481 e. The molecule has 0 aliphatic rings. The van der Waals surface area contributed by atoms with Gasteiger partial charge in [0.1, 0.15) is 19.3 Å². The molecule has 1 unspecified atom stereocenters. The molecule has 8 N–H and O–H groups in total. The largest absolute Gasteiger partial charge is 0.481 e. The predicted octanol–water partition coefficient (Wildman–Crippen LogP) is 3.67. The van der Waals surface area contributed by atoms with Crippen molar-refractivity contribution in [3.63, 3.8) is 0 Å². The fourth-order valence-corrected chi connectivity index (χ4v) is 6.50. The van der Waals surface area contributed by atoms with Gasteiger partial charge in [0.25, 0.3) is 0 Å². The lowest BCUT2D eigenvalue weighted by atomic mass is 10.0. The molecule has 0 aromatic rings. The predicted molar refractivity (Wildman–Crippen MR) is 252 cm³/mol. The maximum atomic E-state index is 12.3. The van der Waals surface area contributed by atoms with Crippen LogP contribution in [0.2, 0.25) is 0 Å². The SMILES string of the molecule is CCCCNC(=O)CCCNC(=O)COCCOCCNC(=O)COCCOCCNC(=O)CCC(NC(=O)CCCNC(=O)CCCCCCCCCCCCCCCCC(=O)O)C(=O)O. The fourth-order valence-electron chi connectivity index (χ4n) is 6.50. The van der Waals surface area contributed by atoms with Crippen LogP contribution in [0.15, 0.2) is 0 Å². The van der Waals surface area contributed by atoms with E-state index in [0.29, 0.717) is 45.3 Å². The number of hydrogen-bond donors (Lipinski definition) is 8. The standard InChI is InChI=1S/C47H86N6O14/c1-2-3-26-48-41(55)21-18-28-50-44(58)37-66-35-34-65-32-30-52-45(59)38-67-36-33-64-31-29-51-42(56)25-24-39(47(62)63)53-43(57)22-19-27-49-40(54)20-16-14-12-10-8-6-4-5-7-9-11-13-15-17-23-46(60)61/h39H,2-38H2,1H3,(H,48,55)(H,49,54)(H,50,58)(H,51,56)(H,52,59)(H,53,57)(H,60,61)(H,62,63). The van der Waals surface area contributed by atoms with Gasteiger partial charge in [0.2, 0.25) is 35.4 Å². The third-order valence-corrected chi connectivity index (χ3v) is 10.3. The van der Waals surface area contributed by atoms with E-state index < -0.39 is 29.8 Å². The topological polar surface area (TPSA) is 286 Å². The molecule has 20 nitrogen and oxygen atoms in total. The fraction of sp³-hybridized carbons (Fsp3) is 0.830. The van der Waals surface area contributed by atoms with Gasteiger partial charge in [0.15, 0.2) is 0 Å². The van der Waals surface area contributed by atoms with Gasteiger partial charge in [-0.2, -0.15) is 0 Å². The van der Waals surface area contributed by atoms with Gasteiger partial charge in [-0.3, -0.25) is 33.6 Å². The Morgan fingerprint density at radius 2 is 0.731 bits per heavy atom. The highest BCUT2D eigenvalue weighted by Crippen LogP contribution is 2.14. The van der Waals surface area contributed by atoms with E-state index >= 15 is 0 Å². The van der Waals surface area contributed by atoms with E-state index in [1.54, 1.807) is 0 Å². The average molecular weight is 959 g/mol. The van der Waals surface area contributed by atoms with Gasteiger partial charge in [0, 0.05) is 64.8 Å². The molecule has 0 saturated carbocycles. The molecule has 1 atom stereocenters. The van der Waals surface area contributed by atoms with Crippen LogP contribution in [0.5, 0.6) is 0 Å². The van der Waals surface area contributed by atoms with Crippen molar-refractivity contribution in [2.45, 2.75) is 167 Å². The lowest BCUT2D eigenvalue weighted by molar-refractivity contribution is -0.142. The van der Waals surface area contributed by atoms with E-state index in [2.05, 4.69) is 38.8 Å². The van der Waals surface area contributed by atoms with Crippen molar-refractivity contribution in [3.05, 3.63) is 0 Å². The zero-order valence-electron chi connectivity index (χ0n) is 40.5. The molecule has 0 bridgehead atoms. The number of carbonyl (C=O) groups is 8. The van der Waals surface area contributed by atoms with Gasteiger partial charge in [-0.15, -0.1) is 0 Å². The van der Waals surface area contributed by atoms with Gasteiger partial charge >= 0.3 is 11.9 Å². The minimum absolute atomic E-state index is 0.0227. The molecule has 0 aliphatic carbocycles. The highest BCUT2D eigenvalue weighted by atomic mass is 16.5. The van der Waals surface area contributed by atoms with Crippen molar-refractivity contribution in [3.8, 4) is 0 Å². The molecule has 0 rings (SSSR count). The Kier molecular flexibility index (Phi) is 43.6. The van der Waals surface area contributed by atoms with Crippen LogP contribution in [0, 0.1) is 0 Å². The highest BCUT2D eigenvalue weighted by molar-refractivity contribution is 5.84. The number of unbranched alkanes of at least 4 members (excludes halogenated alkanes) is 14. The molecular formula is C47H86N6O14. The summed E-state index contributed by atoms with van der Waals surface area (Å²) in [5.74, 6) is -3.52. The Hall–Kier alpha value is -4.40. The van der Waals surface area contributed by atoms with Crippen molar-refractivity contribution in [1.29, 1.82) is 0 Å². The lowest BCUT2D eigenvalue weighted by Gasteiger charge is -2.14. The summed E-state index contributed by atoms with van der Waals surface area (Å²) in [6.45, 7) is 4.78. The number of carboxylic acid groups (broad SMARTS) is 2. The van der Waals surface area contributed by atoms with Crippen LogP contribution in [0.1, 0.15) is 161 Å². The summed E-state index contributed by atoms with van der Waals surface area (Å²) in [7, 11) is 0.